The topological polar surface area (TPSA) is 46.6 Å². The summed E-state index contributed by atoms with van der Waals surface area (Å²) < 4.78 is 5.19. The van der Waals surface area contributed by atoms with Crippen molar-refractivity contribution < 1.29 is 14.3 Å². The third-order valence-corrected chi connectivity index (χ3v) is 3.79. The summed E-state index contributed by atoms with van der Waals surface area (Å²) in [4.78, 5) is 26.2. The predicted octanol–water partition coefficient (Wildman–Crippen LogP) is 3.05. The molecule has 1 heterocycles. The smallest absolute Gasteiger partial charge is 0.262 e. The van der Waals surface area contributed by atoms with Gasteiger partial charge >= 0.3 is 0 Å². The normalized spacial score (nSPS) is 15.0. The van der Waals surface area contributed by atoms with Gasteiger partial charge in [-0.15, -0.1) is 0 Å². The molecule has 3 rings (SSSR count). The van der Waals surface area contributed by atoms with E-state index in [0.29, 0.717) is 16.9 Å². The summed E-state index contributed by atoms with van der Waals surface area (Å²) in [6, 6.07) is 14.0. The predicted molar refractivity (Wildman–Crippen MR) is 78.4 cm³/mol. The van der Waals surface area contributed by atoms with Gasteiger partial charge in [0, 0.05) is 0 Å². The number of rotatable bonds is 3. The van der Waals surface area contributed by atoms with E-state index in [9.17, 15) is 9.59 Å². The molecule has 0 spiro atoms. The highest BCUT2D eigenvalue weighted by atomic mass is 16.5. The number of hydrogen-bond acceptors (Lipinski definition) is 3. The van der Waals surface area contributed by atoms with E-state index in [4.69, 9.17) is 4.74 Å². The number of hydrogen-bond donors (Lipinski definition) is 0. The van der Waals surface area contributed by atoms with E-state index in [0.717, 1.165) is 5.56 Å². The molecule has 106 valence electrons. The molecular weight excluding hydrogens is 266 g/mol. The molecule has 1 aliphatic heterocycles. The molecular formula is C17H15NO3. The zero-order valence-corrected chi connectivity index (χ0v) is 11.9. The first-order valence-corrected chi connectivity index (χ1v) is 6.74. The van der Waals surface area contributed by atoms with Crippen molar-refractivity contribution in [3.8, 4) is 5.75 Å². The van der Waals surface area contributed by atoms with Crippen LogP contribution in [0.5, 0.6) is 5.75 Å². The lowest BCUT2D eigenvalue weighted by Gasteiger charge is -2.23. The van der Waals surface area contributed by atoms with Crippen molar-refractivity contribution in [3.05, 3.63) is 65.2 Å². The lowest BCUT2D eigenvalue weighted by molar-refractivity contribution is 0.0595. The van der Waals surface area contributed by atoms with E-state index >= 15 is 0 Å². The van der Waals surface area contributed by atoms with Crippen LogP contribution in [0.2, 0.25) is 0 Å². The van der Waals surface area contributed by atoms with Gasteiger partial charge in [0.2, 0.25) is 0 Å². The molecule has 0 bridgehead atoms. The maximum Gasteiger partial charge on any atom is 0.262 e. The summed E-state index contributed by atoms with van der Waals surface area (Å²) in [5, 5.41) is 0. The van der Waals surface area contributed by atoms with Gasteiger partial charge in [-0.1, -0.05) is 24.3 Å². The van der Waals surface area contributed by atoms with Crippen LogP contribution in [0.3, 0.4) is 0 Å². The van der Waals surface area contributed by atoms with E-state index in [1.807, 2.05) is 31.2 Å². The fraction of sp³-hybridized carbons (Fsp3) is 0.176. The molecule has 1 aliphatic rings. The minimum atomic E-state index is -0.340. The Balaban J connectivity index is 1.98. The molecule has 0 aliphatic carbocycles. The molecule has 4 nitrogen and oxygen atoms in total. The van der Waals surface area contributed by atoms with Crippen molar-refractivity contribution in [2.24, 2.45) is 0 Å². The Morgan fingerprint density at radius 1 is 0.952 bits per heavy atom. The van der Waals surface area contributed by atoms with Crippen LogP contribution in [0.15, 0.2) is 48.5 Å². The number of amides is 2. The van der Waals surface area contributed by atoms with Gasteiger partial charge in [0.05, 0.1) is 24.3 Å². The first kappa shape index (κ1) is 13.4. The molecule has 21 heavy (non-hydrogen) atoms. The Kier molecular flexibility index (Phi) is 3.22. The first-order chi connectivity index (χ1) is 10.1. The summed E-state index contributed by atoms with van der Waals surface area (Å²) in [5.41, 5.74) is 1.80. The average molecular weight is 281 g/mol. The molecule has 4 heteroatoms. The van der Waals surface area contributed by atoms with Crippen LogP contribution in [0.1, 0.15) is 39.2 Å². The number of carbonyl (C=O) groups is 2. The highest BCUT2D eigenvalue weighted by molar-refractivity contribution is 6.21. The van der Waals surface area contributed by atoms with Gasteiger partial charge in [-0.2, -0.15) is 0 Å². The second-order valence-electron chi connectivity index (χ2n) is 4.98. The number of methoxy groups -OCH3 is 1. The number of imide groups is 1. The molecule has 0 unspecified atom stereocenters. The zero-order chi connectivity index (χ0) is 15.0. The maximum absolute atomic E-state index is 12.5. The Hall–Kier alpha value is -2.62. The summed E-state index contributed by atoms with van der Waals surface area (Å²) in [5.74, 6) is 0.216. The quantitative estimate of drug-likeness (QED) is 0.812. The lowest BCUT2D eigenvalue weighted by atomic mass is 10.1. The number of benzene rings is 2. The van der Waals surface area contributed by atoms with Crippen molar-refractivity contribution in [1.82, 2.24) is 4.90 Å². The summed E-state index contributed by atoms with van der Waals surface area (Å²) >= 11 is 0. The SMILES string of the molecule is COc1cccc([C@@H](C)N2C(=O)c3ccccc3C2=O)c1. The number of nitrogens with zero attached hydrogens (tertiary/aromatic N) is 1. The van der Waals surface area contributed by atoms with Crippen molar-refractivity contribution in [2.75, 3.05) is 7.11 Å². The second kappa shape index (κ2) is 5.05. The van der Waals surface area contributed by atoms with Gasteiger partial charge in [-0.3, -0.25) is 14.5 Å². The van der Waals surface area contributed by atoms with Crippen LogP contribution in [0.4, 0.5) is 0 Å². The Morgan fingerprint density at radius 2 is 1.57 bits per heavy atom. The molecule has 0 radical (unpaired) electrons. The van der Waals surface area contributed by atoms with Crippen LogP contribution >= 0.6 is 0 Å². The Labute approximate surface area is 123 Å². The number of ether oxygens (including phenoxy) is 1. The molecule has 0 saturated heterocycles. The zero-order valence-electron chi connectivity index (χ0n) is 11.9. The average Bonchev–Trinajstić information content (AvgIpc) is 2.79. The molecule has 2 aromatic carbocycles. The highest BCUT2D eigenvalue weighted by Gasteiger charge is 2.38. The van der Waals surface area contributed by atoms with Crippen LogP contribution in [0, 0.1) is 0 Å². The highest BCUT2D eigenvalue weighted by Crippen LogP contribution is 2.32. The van der Waals surface area contributed by atoms with E-state index in [1.165, 1.54) is 4.90 Å². The van der Waals surface area contributed by atoms with Crippen molar-refractivity contribution in [2.45, 2.75) is 13.0 Å². The number of carbonyl (C=O) groups excluding carboxylic acids is 2. The van der Waals surface area contributed by atoms with Gasteiger partial charge in [0.1, 0.15) is 5.75 Å². The molecule has 0 fully saturated rings. The largest absolute Gasteiger partial charge is 0.497 e. The maximum atomic E-state index is 12.5. The molecule has 2 amide bonds. The third kappa shape index (κ3) is 2.09. The summed E-state index contributed by atoms with van der Waals surface area (Å²) in [6.07, 6.45) is 0. The molecule has 0 aromatic heterocycles. The standard InChI is InChI=1S/C17H15NO3/c1-11(12-6-5-7-13(10-12)21-2)18-16(19)14-8-3-4-9-15(14)17(18)20/h3-11H,1-2H3/t11-/m1/s1. The van der Waals surface area contributed by atoms with Crippen molar-refractivity contribution >= 4 is 11.8 Å². The van der Waals surface area contributed by atoms with Crippen LogP contribution < -0.4 is 4.74 Å². The summed E-state index contributed by atoms with van der Waals surface area (Å²) in [7, 11) is 1.59. The minimum absolute atomic E-state index is 0.245. The monoisotopic (exact) mass is 281 g/mol. The Bertz CT molecular complexity index is 688. The molecule has 0 saturated carbocycles. The van der Waals surface area contributed by atoms with Gasteiger partial charge in [0.15, 0.2) is 0 Å². The molecule has 0 N–H and O–H groups in total. The van der Waals surface area contributed by atoms with Crippen LogP contribution in [0.25, 0.3) is 0 Å². The first-order valence-electron chi connectivity index (χ1n) is 6.74. The van der Waals surface area contributed by atoms with Crippen LogP contribution in [-0.2, 0) is 0 Å². The van der Waals surface area contributed by atoms with E-state index in [1.54, 1.807) is 31.4 Å². The fourth-order valence-corrected chi connectivity index (χ4v) is 2.61. The van der Waals surface area contributed by atoms with Gasteiger partial charge in [-0.25, -0.2) is 0 Å². The minimum Gasteiger partial charge on any atom is -0.497 e. The second-order valence-corrected chi connectivity index (χ2v) is 4.98. The lowest BCUT2D eigenvalue weighted by Crippen LogP contribution is -2.32. The van der Waals surface area contributed by atoms with E-state index in [-0.39, 0.29) is 17.9 Å². The third-order valence-electron chi connectivity index (χ3n) is 3.79. The van der Waals surface area contributed by atoms with Crippen molar-refractivity contribution in [1.29, 1.82) is 0 Å². The van der Waals surface area contributed by atoms with Gasteiger partial charge in [-0.05, 0) is 36.8 Å². The van der Waals surface area contributed by atoms with Crippen LogP contribution in [-0.4, -0.2) is 23.8 Å². The summed E-state index contributed by atoms with van der Waals surface area (Å²) in [6.45, 7) is 1.84. The Morgan fingerprint density at radius 3 is 2.14 bits per heavy atom. The van der Waals surface area contributed by atoms with E-state index in [2.05, 4.69) is 0 Å². The fourth-order valence-electron chi connectivity index (χ4n) is 2.61. The van der Waals surface area contributed by atoms with Crippen molar-refractivity contribution in [3.63, 3.8) is 0 Å². The molecule has 2 aromatic rings. The van der Waals surface area contributed by atoms with Gasteiger partial charge < -0.3 is 4.74 Å². The van der Waals surface area contributed by atoms with Gasteiger partial charge in [0.25, 0.3) is 11.8 Å². The van der Waals surface area contributed by atoms with E-state index < -0.39 is 0 Å². The molecule has 1 atom stereocenters. The number of fused-ring (bicyclic) bond motifs is 1.